The Balaban J connectivity index is 1.81. The van der Waals surface area contributed by atoms with Crippen molar-refractivity contribution in [1.82, 2.24) is 4.98 Å². The molecule has 1 aromatic heterocycles. The number of rotatable bonds is 5. The Bertz CT molecular complexity index is 1120. The lowest BCUT2D eigenvalue weighted by atomic mass is 10.1. The highest BCUT2D eigenvalue weighted by Gasteiger charge is 2.16. The molecule has 0 saturated carbocycles. The quantitative estimate of drug-likeness (QED) is 0.214. The second kappa shape index (κ2) is 9.01. The Morgan fingerprint density at radius 1 is 1.00 bits per heavy atom. The number of carbonyl (C=O) groups is 2. The molecular formula is C20H15ClFN5O3. The van der Waals surface area contributed by atoms with Gasteiger partial charge in [0.25, 0.3) is 11.8 Å². The molecule has 3 aromatic rings. The van der Waals surface area contributed by atoms with E-state index in [1.165, 1.54) is 48.7 Å². The normalized spacial score (nSPS) is 11.1. The van der Waals surface area contributed by atoms with Crippen LogP contribution in [0.3, 0.4) is 0 Å². The van der Waals surface area contributed by atoms with Gasteiger partial charge in [0.2, 0.25) is 0 Å². The van der Waals surface area contributed by atoms with Gasteiger partial charge in [0.1, 0.15) is 11.6 Å². The number of amidine groups is 1. The summed E-state index contributed by atoms with van der Waals surface area (Å²) in [5.41, 5.74) is 6.18. The summed E-state index contributed by atoms with van der Waals surface area (Å²) in [6.45, 7) is 0. The number of nitrogens with zero attached hydrogens (tertiary/aromatic N) is 2. The molecule has 2 amide bonds. The van der Waals surface area contributed by atoms with Gasteiger partial charge < -0.3 is 21.6 Å². The fourth-order valence-electron chi connectivity index (χ4n) is 2.49. The van der Waals surface area contributed by atoms with E-state index >= 15 is 0 Å². The number of hydrogen-bond donors (Lipinski definition) is 4. The fraction of sp³-hybridized carbons (Fsp3) is 0. The van der Waals surface area contributed by atoms with Gasteiger partial charge >= 0.3 is 0 Å². The molecule has 0 fully saturated rings. The third kappa shape index (κ3) is 4.89. The van der Waals surface area contributed by atoms with Gasteiger partial charge in [-0.15, -0.1) is 0 Å². The van der Waals surface area contributed by atoms with Crippen LogP contribution in [0.1, 0.15) is 26.3 Å². The number of pyridine rings is 1. The number of benzene rings is 2. The molecule has 0 aliphatic heterocycles. The van der Waals surface area contributed by atoms with Crippen molar-refractivity contribution in [2.45, 2.75) is 0 Å². The lowest BCUT2D eigenvalue weighted by Gasteiger charge is -2.12. The van der Waals surface area contributed by atoms with E-state index in [0.29, 0.717) is 10.6 Å². The fourth-order valence-corrected chi connectivity index (χ4v) is 2.60. The van der Waals surface area contributed by atoms with Crippen LogP contribution in [0.2, 0.25) is 5.02 Å². The van der Waals surface area contributed by atoms with E-state index < -0.39 is 17.6 Å². The number of halogens is 2. The van der Waals surface area contributed by atoms with Gasteiger partial charge in [-0.05, 0) is 42.5 Å². The van der Waals surface area contributed by atoms with Crippen LogP contribution in [0, 0.1) is 5.82 Å². The molecule has 10 heteroatoms. The standard InChI is InChI=1S/C20H15ClFN5O3/c21-13-5-8-17(24-10-13)26-20(29)15-9-14(22)6-7-16(15)25-19(28)12-3-1-11(2-4-12)18(23)27-30/h1-10,30H,(H2,23,27)(H,25,28)(H,24,26,29). The van der Waals surface area contributed by atoms with E-state index in [2.05, 4.69) is 20.8 Å². The molecule has 0 unspecified atom stereocenters. The first kappa shape index (κ1) is 20.7. The lowest BCUT2D eigenvalue weighted by Crippen LogP contribution is -2.19. The molecule has 0 aliphatic rings. The number of amides is 2. The van der Waals surface area contributed by atoms with Crippen molar-refractivity contribution >= 4 is 40.8 Å². The first-order valence-electron chi connectivity index (χ1n) is 8.49. The van der Waals surface area contributed by atoms with Gasteiger partial charge in [-0.1, -0.05) is 28.9 Å². The van der Waals surface area contributed by atoms with Gasteiger partial charge in [-0.3, -0.25) is 9.59 Å². The topological polar surface area (TPSA) is 130 Å². The summed E-state index contributed by atoms with van der Waals surface area (Å²) in [5.74, 6) is -1.74. The monoisotopic (exact) mass is 427 g/mol. The van der Waals surface area contributed by atoms with Crippen LogP contribution in [0.4, 0.5) is 15.9 Å². The second-order valence-corrected chi connectivity index (χ2v) is 6.46. The zero-order valence-electron chi connectivity index (χ0n) is 15.3. The Morgan fingerprint density at radius 3 is 2.33 bits per heavy atom. The minimum atomic E-state index is -0.665. The summed E-state index contributed by atoms with van der Waals surface area (Å²) < 4.78 is 13.7. The van der Waals surface area contributed by atoms with Gasteiger partial charge in [0, 0.05) is 17.3 Å². The minimum Gasteiger partial charge on any atom is -0.409 e. The number of nitrogens with one attached hydrogen (secondary N) is 2. The maximum Gasteiger partial charge on any atom is 0.259 e. The number of hydrogen-bond acceptors (Lipinski definition) is 5. The summed E-state index contributed by atoms with van der Waals surface area (Å²) in [6.07, 6.45) is 1.35. The van der Waals surface area contributed by atoms with Crippen LogP contribution in [0.15, 0.2) is 65.9 Å². The predicted molar refractivity (Wildman–Crippen MR) is 111 cm³/mol. The van der Waals surface area contributed by atoms with Gasteiger partial charge in [-0.2, -0.15) is 0 Å². The molecule has 0 bridgehead atoms. The van der Waals surface area contributed by atoms with E-state index in [4.69, 9.17) is 22.5 Å². The van der Waals surface area contributed by atoms with Crippen molar-refractivity contribution in [2.24, 2.45) is 10.9 Å². The highest BCUT2D eigenvalue weighted by molar-refractivity contribution is 6.30. The molecule has 0 saturated heterocycles. The van der Waals surface area contributed by atoms with Crippen molar-refractivity contribution in [1.29, 1.82) is 0 Å². The Labute approximate surface area is 175 Å². The molecule has 5 N–H and O–H groups in total. The summed E-state index contributed by atoms with van der Waals surface area (Å²) >= 11 is 5.76. The molecule has 8 nitrogen and oxygen atoms in total. The average molecular weight is 428 g/mol. The van der Waals surface area contributed by atoms with Crippen LogP contribution < -0.4 is 16.4 Å². The number of carbonyl (C=O) groups excluding carboxylic acids is 2. The van der Waals surface area contributed by atoms with Gasteiger partial charge in [-0.25, -0.2) is 9.37 Å². The van der Waals surface area contributed by atoms with E-state index in [9.17, 15) is 14.0 Å². The van der Waals surface area contributed by atoms with Crippen LogP contribution in [0.25, 0.3) is 0 Å². The Morgan fingerprint density at radius 2 is 1.70 bits per heavy atom. The summed E-state index contributed by atoms with van der Waals surface area (Å²) in [6, 6.07) is 12.3. The van der Waals surface area contributed by atoms with Crippen LogP contribution in [-0.2, 0) is 0 Å². The minimum absolute atomic E-state index is 0.0895. The molecule has 0 radical (unpaired) electrons. The predicted octanol–water partition coefficient (Wildman–Crippen LogP) is 3.47. The van der Waals surface area contributed by atoms with E-state index in [1.54, 1.807) is 0 Å². The summed E-state index contributed by atoms with van der Waals surface area (Å²) in [5, 5.41) is 17.1. The smallest absolute Gasteiger partial charge is 0.259 e. The molecule has 0 atom stereocenters. The zero-order valence-corrected chi connectivity index (χ0v) is 16.0. The largest absolute Gasteiger partial charge is 0.409 e. The van der Waals surface area contributed by atoms with Gasteiger partial charge in [0.15, 0.2) is 5.84 Å². The highest BCUT2D eigenvalue weighted by atomic mass is 35.5. The third-order valence-electron chi connectivity index (χ3n) is 3.99. The van der Waals surface area contributed by atoms with Crippen molar-refractivity contribution < 1.29 is 19.2 Å². The first-order chi connectivity index (χ1) is 14.4. The molecule has 30 heavy (non-hydrogen) atoms. The molecule has 2 aromatic carbocycles. The van der Waals surface area contributed by atoms with Gasteiger partial charge in [0.05, 0.1) is 16.3 Å². The number of anilines is 2. The van der Waals surface area contributed by atoms with Crippen LogP contribution in [0.5, 0.6) is 0 Å². The molecule has 152 valence electrons. The van der Waals surface area contributed by atoms with E-state index in [-0.39, 0.29) is 28.5 Å². The summed E-state index contributed by atoms with van der Waals surface area (Å²) in [4.78, 5) is 29.1. The maximum atomic E-state index is 13.7. The number of aromatic nitrogens is 1. The van der Waals surface area contributed by atoms with E-state index in [0.717, 1.165) is 12.1 Å². The number of nitrogens with two attached hydrogens (primary N) is 1. The van der Waals surface area contributed by atoms with Crippen LogP contribution >= 0.6 is 11.6 Å². The molecule has 3 rings (SSSR count). The van der Waals surface area contributed by atoms with Crippen molar-refractivity contribution in [3.05, 3.63) is 88.3 Å². The molecule has 0 spiro atoms. The molecule has 1 heterocycles. The lowest BCUT2D eigenvalue weighted by molar-refractivity contribution is 0.102. The third-order valence-corrected chi connectivity index (χ3v) is 4.22. The van der Waals surface area contributed by atoms with E-state index in [1.807, 2.05) is 0 Å². The highest BCUT2D eigenvalue weighted by Crippen LogP contribution is 2.20. The molecule has 0 aliphatic carbocycles. The Hall–Kier alpha value is -3.98. The van der Waals surface area contributed by atoms with Crippen LogP contribution in [-0.4, -0.2) is 27.8 Å². The summed E-state index contributed by atoms with van der Waals surface area (Å²) in [7, 11) is 0. The maximum absolute atomic E-state index is 13.7. The zero-order chi connectivity index (χ0) is 21.7. The number of oxime groups is 1. The average Bonchev–Trinajstić information content (AvgIpc) is 2.76. The second-order valence-electron chi connectivity index (χ2n) is 6.02. The SMILES string of the molecule is NC(=NO)c1ccc(C(=O)Nc2ccc(F)cc2C(=O)Nc2ccc(Cl)cn2)cc1. The van der Waals surface area contributed by atoms with Crippen molar-refractivity contribution in [3.63, 3.8) is 0 Å². The molecular weight excluding hydrogens is 413 g/mol. The van der Waals surface area contributed by atoms with Crippen molar-refractivity contribution in [2.75, 3.05) is 10.6 Å². The van der Waals surface area contributed by atoms with Crippen molar-refractivity contribution in [3.8, 4) is 0 Å². The first-order valence-corrected chi connectivity index (χ1v) is 8.87. The Kier molecular flexibility index (Phi) is 6.23.